The van der Waals surface area contributed by atoms with Crippen LogP contribution < -0.4 is 0 Å². The fourth-order valence-electron chi connectivity index (χ4n) is 5.76. The number of carbonyl (C=O) groups excluding carboxylic acids is 1. The highest BCUT2D eigenvalue weighted by Gasteiger charge is 2.33. The summed E-state index contributed by atoms with van der Waals surface area (Å²) < 4.78 is 21.7. The molecular weight excluding hydrogens is 515 g/mol. The number of amides is 1. The minimum Gasteiger partial charge on any atom is -0.444 e. The van der Waals surface area contributed by atoms with Gasteiger partial charge in [-0.2, -0.15) is 5.10 Å². The second-order valence-corrected chi connectivity index (χ2v) is 11.8. The fourth-order valence-corrected chi connectivity index (χ4v) is 5.76. The molecule has 7 heteroatoms. The Balaban J connectivity index is 1.44. The highest BCUT2D eigenvalue weighted by atomic mass is 19.1. The summed E-state index contributed by atoms with van der Waals surface area (Å²) in [5.41, 5.74) is 7.14. The third-order valence-electron chi connectivity index (χ3n) is 7.73. The number of nitrogens with zero attached hydrogens (tertiary/aromatic N) is 4. The molecule has 6 rings (SSSR count). The molecule has 0 aliphatic carbocycles. The number of carbonyl (C=O) groups is 1. The third kappa shape index (κ3) is 5.67. The molecule has 2 aliphatic rings. The van der Waals surface area contributed by atoms with Gasteiger partial charge in [0.25, 0.3) is 0 Å². The maximum absolute atomic E-state index is 14.1. The average molecular weight is 551 g/mol. The molecular formula is C34H35FN4O2. The summed E-state index contributed by atoms with van der Waals surface area (Å²) in [4.78, 5) is 19.9. The van der Waals surface area contributed by atoms with Crippen LogP contribution in [0.1, 0.15) is 67.6 Å². The second-order valence-electron chi connectivity index (χ2n) is 11.8. The summed E-state index contributed by atoms with van der Waals surface area (Å²) in [5.74, 6) is -0.106. The number of aromatic nitrogens is 2. The molecule has 0 radical (unpaired) electrons. The van der Waals surface area contributed by atoms with E-state index in [1.54, 1.807) is 11.0 Å². The number of ether oxygens (including phenoxy) is 1. The Morgan fingerprint density at radius 2 is 1.56 bits per heavy atom. The lowest BCUT2D eigenvalue weighted by molar-refractivity contribution is 0.0204. The summed E-state index contributed by atoms with van der Waals surface area (Å²) in [6.07, 6.45) is 2.70. The normalized spacial score (nSPS) is 15.2. The minimum absolute atomic E-state index is 0.127. The van der Waals surface area contributed by atoms with Crippen molar-refractivity contribution in [3.8, 4) is 5.69 Å². The molecule has 0 N–H and O–H groups in total. The van der Waals surface area contributed by atoms with Crippen LogP contribution >= 0.6 is 0 Å². The smallest absolute Gasteiger partial charge is 0.410 e. The second kappa shape index (κ2) is 11.0. The lowest BCUT2D eigenvalue weighted by Crippen LogP contribution is -2.41. The Bertz CT molecular complexity index is 1540. The number of aryl methyl sites for hydroxylation is 1. The molecule has 0 atom stereocenters. The van der Waals surface area contributed by atoms with Gasteiger partial charge in [-0.25, -0.2) is 18.9 Å². The molecule has 1 amide bonds. The van der Waals surface area contributed by atoms with Crippen molar-refractivity contribution in [3.63, 3.8) is 0 Å². The van der Waals surface area contributed by atoms with Crippen LogP contribution in [0, 0.1) is 5.82 Å². The molecule has 41 heavy (non-hydrogen) atoms. The lowest BCUT2D eigenvalue weighted by atomic mass is 9.91. The maximum Gasteiger partial charge on any atom is 0.410 e. The van der Waals surface area contributed by atoms with Crippen molar-refractivity contribution < 1.29 is 13.9 Å². The average Bonchev–Trinajstić information content (AvgIpc) is 3.34. The van der Waals surface area contributed by atoms with Crippen LogP contribution in [0.4, 0.5) is 14.9 Å². The van der Waals surface area contributed by atoms with Crippen molar-refractivity contribution in [1.29, 1.82) is 0 Å². The zero-order chi connectivity index (χ0) is 28.6. The van der Waals surface area contributed by atoms with Gasteiger partial charge >= 0.3 is 6.09 Å². The Morgan fingerprint density at radius 3 is 2.17 bits per heavy atom. The van der Waals surface area contributed by atoms with E-state index >= 15 is 0 Å². The molecule has 1 fully saturated rings. The van der Waals surface area contributed by atoms with Crippen molar-refractivity contribution >= 4 is 17.5 Å². The van der Waals surface area contributed by atoms with Gasteiger partial charge < -0.3 is 9.64 Å². The van der Waals surface area contributed by atoms with E-state index in [9.17, 15) is 9.18 Å². The molecule has 0 saturated carbocycles. The van der Waals surface area contributed by atoms with Gasteiger partial charge in [-0.3, -0.25) is 0 Å². The zero-order valence-corrected chi connectivity index (χ0v) is 23.8. The van der Waals surface area contributed by atoms with E-state index in [1.807, 2.05) is 67.9 Å². The van der Waals surface area contributed by atoms with Crippen molar-refractivity contribution in [2.75, 3.05) is 13.1 Å². The van der Waals surface area contributed by atoms with Crippen LogP contribution in [0.3, 0.4) is 0 Å². The van der Waals surface area contributed by atoms with Gasteiger partial charge in [0.05, 0.1) is 22.8 Å². The number of benzene rings is 3. The van der Waals surface area contributed by atoms with Gasteiger partial charge in [-0.05, 0) is 70.2 Å². The molecule has 3 heterocycles. The molecule has 0 spiro atoms. The molecule has 210 valence electrons. The van der Waals surface area contributed by atoms with Crippen molar-refractivity contribution in [2.45, 2.75) is 58.0 Å². The quantitative estimate of drug-likeness (QED) is 0.249. The van der Waals surface area contributed by atoms with Crippen molar-refractivity contribution in [1.82, 2.24) is 14.7 Å². The number of aliphatic imine (C=N–C) groups is 1. The maximum atomic E-state index is 14.1. The Labute approximate surface area is 240 Å². The third-order valence-corrected chi connectivity index (χ3v) is 7.73. The van der Waals surface area contributed by atoms with Crippen molar-refractivity contribution in [2.24, 2.45) is 4.99 Å². The van der Waals surface area contributed by atoms with Gasteiger partial charge in [0, 0.05) is 30.1 Å². The number of likely N-dealkylation sites (tertiary alicyclic amines) is 1. The van der Waals surface area contributed by atoms with Crippen LogP contribution in [0.5, 0.6) is 0 Å². The molecule has 3 aromatic carbocycles. The first-order valence-corrected chi connectivity index (χ1v) is 14.3. The molecule has 4 aromatic rings. The summed E-state index contributed by atoms with van der Waals surface area (Å²) in [6.45, 7) is 6.85. The molecule has 6 nitrogen and oxygen atoms in total. The molecule has 0 unspecified atom stereocenters. The first kappa shape index (κ1) is 26.9. The number of rotatable bonds is 4. The van der Waals surface area contributed by atoms with Crippen LogP contribution in [-0.4, -0.2) is 45.2 Å². The largest absolute Gasteiger partial charge is 0.444 e. The lowest BCUT2D eigenvalue weighted by Gasteiger charge is -2.33. The van der Waals surface area contributed by atoms with E-state index < -0.39 is 5.60 Å². The SMILES string of the molecule is CC(C)(C)OC(=O)N1CCC(c2nn3c(c2N=C(c2ccccc2)c2ccccc2)CCc2cc(F)ccc2-3)CC1. The number of hydrogen-bond acceptors (Lipinski definition) is 4. The predicted molar refractivity (Wildman–Crippen MR) is 159 cm³/mol. The van der Waals surface area contributed by atoms with E-state index in [2.05, 4.69) is 24.3 Å². The molecule has 0 bridgehead atoms. The first-order chi connectivity index (χ1) is 19.8. The van der Waals surface area contributed by atoms with Crippen molar-refractivity contribution in [3.05, 3.63) is 113 Å². The highest BCUT2D eigenvalue weighted by molar-refractivity contribution is 6.14. The standard InChI is InChI=1S/C34H35FN4O2/c1-34(2,3)41-33(40)38-20-18-25(19-21-38)31-32(29-16-14-26-22-27(35)15-17-28(26)39(29)37-31)36-30(23-10-6-4-7-11-23)24-12-8-5-9-13-24/h4-13,15,17,22,25H,14,16,18-21H2,1-3H3. The van der Waals surface area contributed by atoms with E-state index in [0.29, 0.717) is 13.1 Å². The summed E-state index contributed by atoms with van der Waals surface area (Å²) >= 11 is 0. The minimum atomic E-state index is -0.531. The van der Waals surface area contributed by atoms with Gasteiger partial charge in [0.2, 0.25) is 0 Å². The molecule has 1 saturated heterocycles. The Kier molecular flexibility index (Phi) is 7.20. The number of fused-ring (bicyclic) bond motifs is 3. The van der Waals surface area contributed by atoms with Crippen LogP contribution in [0.15, 0.2) is 83.9 Å². The molecule has 2 aliphatic heterocycles. The van der Waals surface area contributed by atoms with Crippen LogP contribution in [-0.2, 0) is 17.6 Å². The highest BCUT2D eigenvalue weighted by Crippen LogP contribution is 2.41. The zero-order valence-electron chi connectivity index (χ0n) is 23.8. The monoisotopic (exact) mass is 550 g/mol. The summed E-state index contributed by atoms with van der Waals surface area (Å²) in [7, 11) is 0. The van der Waals surface area contributed by atoms with Gasteiger partial charge in [0.15, 0.2) is 0 Å². The van der Waals surface area contributed by atoms with E-state index in [4.69, 9.17) is 14.8 Å². The van der Waals surface area contributed by atoms with Gasteiger partial charge in [-0.15, -0.1) is 0 Å². The van der Waals surface area contributed by atoms with E-state index in [0.717, 1.165) is 70.8 Å². The number of piperidine rings is 1. The number of halogens is 1. The Morgan fingerprint density at radius 1 is 0.927 bits per heavy atom. The predicted octanol–water partition coefficient (Wildman–Crippen LogP) is 7.39. The number of hydrogen-bond donors (Lipinski definition) is 0. The molecule has 1 aromatic heterocycles. The van der Waals surface area contributed by atoms with Gasteiger partial charge in [0.1, 0.15) is 17.1 Å². The summed E-state index contributed by atoms with van der Waals surface area (Å²) in [6, 6.07) is 25.4. The van der Waals surface area contributed by atoms with Crippen LogP contribution in [0.2, 0.25) is 0 Å². The summed E-state index contributed by atoms with van der Waals surface area (Å²) in [5, 5.41) is 5.17. The fraction of sp³-hybridized carbons (Fsp3) is 0.324. The van der Waals surface area contributed by atoms with E-state index in [1.165, 1.54) is 6.07 Å². The van der Waals surface area contributed by atoms with Crippen LogP contribution in [0.25, 0.3) is 5.69 Å². The van der Waals surface area contributed by atoms with E-state index in [-0.39, 0.29) is 17.8 Å². The topological polar surface area (TPSA) is 59.7 Å². The first-order valence-electron chi connectivity index (χ1n) is 14.3. The van der Waals surface area contributed by atoms with Gasteiger partial charge in [-0.1, -0.05) is 60.7 Å². The Hall–Kier alpha value is -4.26.